The molecule has 1 spiro atoms. The highest BCUT2D eigenvalue weighted by atomic mass is 16.1. The summed E-state index contributed by atoms with van der Waals surface area (Å²) in [6, 6.07) is 0. The maximum absolute atomic E-state index is 11.1. The van der Waals surface area contributed by atoms with Gasteiger partial charge in [0.1, 0.15) is 5.78 Å². The predicted octanol–water partition coefficient (Wildman–Crippen LogP) is 2.23. The van der Waals surface area contributed by atoms with E-state index in [9.17, 15) is 4.79 Å². The first-order valence-electron chi connectivity index (χ1n) is 6.50. The normalized spacial score (nSPS) is 31.3. The van der Waals surface area contributed by atoms with Crippen molar-refractivity contribution in [3.8, 4) is 0 Å². The highest BCUT2D eigenvalue weighted by Crippen LogP contribution is 2.58. The minimum atomic E-state index is 0.468. The first kappa shape index (κ1) is 9.83. The Labute approximate surface area is 92.0 Å². The van der Waals surface area contributed by atoms with E-state index in [2.05, 4.69) is 4.90 Å². The fourth-order valence-corrected chi connectivity index (χ4v) is 3.73. The molecule has 3 aliphatic rings. The smallest absolute Gasteiger partial charge is 0.135 e. The van der Waals surface area contributed by atoms with Crippen molar-refractivity contribution in [3.63, 3.8) is 0 Å². The van der Waals surface area contributed by atoms with E-state index in [1.807, 2.05) is 0 Å². The van der Waals surface area contributed by atoms with Crippen LogP contribution in [0, 0.1) is 11.3 Å². The minimum Gasteiger partial charge on any atom is -0.302 e. The van der Waals surface area contributed by atoms with Gasteiger partial charge in [0.05, 0.1) is 0 Å². The van der Waals surface area contributed by atoms with Crippen molar-refractivity contribution in [2.45, 2.75) is 44.9 Å². The van der Waals surface area contributed by atoms with Gasteiger partial charge in [-0.05, 0) is 37.0 Å². The second kappa shape index (κ2) is 3.58. The van der Waals surface area contributed by atoms with Crippen LogP contribution in [0.25, 0.3) is 0 Å². The van der Waals surface area contributed by atoms with Gasteiger partial charge in [-0.1, -0.05) is 6.42 Å². The Bertz CT molecular complexity index is 252. The van der Waals surface area contributed by atoms with E-state index < -0.39 is 0 Å². The number of Topliss-reactive ketones (excluding diaryl/α,β-unsaturated/α-hetero) is 1. The van der Waals surface area contributed by atoms with Crippen LogP contribution < -0.4 is 0 Å². The molecule has 0 bridgehead atoms. The summed E-state index contributed by atoms with van der Waals surface area (Å²) in [6.07, 6.45) is 9.06. The summed E-state index contributed by atoms with van der Waals surface area (Å²) >= 11 is 0. The summed E-state index contributed by atoms with van der Waals surface area (Å²) in [5, 5.41) is 0. The molecule has 2 nitrogen and oxygen atoms in total. The quantitative estimate of drug-likeness (QED) is 0.692. The zero-order valence-corrected chi connectivity index (χ0v) is 9.50. The molecule has 1 saturated heterocycles. The van der Waals surface area contributed by atoms with Gasteiger partial charge in [0.2, 0.25) is 0 Å². The number of nitrogens with zero attached hydrogens (tertiary/aromatic N) is 1. The lowest BCUT2D eigenvalue weighted by Gasteiger charge is -2.55. The van der Waals surface area contributed by atoms with E-state index >= 15 is 0 Å². The molecule has 0 aromatic heterocycles. The van der Waals surface area contributed by atoms with Crippen molar-refractivity contribution >= 4 is 5.78 Å². The van der Waals surface area contributed by atoms with Gasteiger partial charge >= 0.3 is 0 Å². The number of ketones is 1. The van der Waals surface area contributed by atoms with Crippen LogP contribution in [0.15, 0.2) is 0 Å². The van der Waals surface area contributed by atoms with Crippen LogP contribution in [-0.4, -0.2) is 30.3 Å². The van der Waals surface area contributed by atoms with Gasteiger partial charge in [-0.15, -0.1) is 0 Å². The van der Waals surface area contributed by atoms with E-state index in [1.54, 1.807) is 0 Å². The average molecular weight is 207 g/mol. The highest BCUT2D eigenvalue weighted by Gasteiger charge is 2.48. The lowest BCUT2D eigenvalue weighted by atomic mass is 9.52. The molecule has 15 heavy (non-hydrogen) atoms. The average Bonchev–Trinajstić information content (AvgIpc) is 2.10. The van der Waals surface area contributed by atoms with Crippen LogP contribution in [0.5, 0.6) is 0 Å². The molecule has 0 unspecified atom stereocenters. The molecule has 2 aliphatic carbocycles. The standard InChI is InChI=1S/C13H21NO/c15-12-2-6-14(7-3-12)10-11-8-13(9-11)4-1-5-13/h11H,1-10H2. The SMILES string of the molecule is O=C1CCN(CC2CC3(CCC3)C2)CC1. The number of hydrogen-bond acceptors (Lipinski definition) is 2. The van der Waals surface area contributed by atoms with Gasteiger partial charge in [0.15, 0.2) is 0 Å². The Morgan fingerprint density at radius 1 is 1.20 bits per heavy atom. The summed E-state index contributed by atoms with van der Waals surface area (Å²) in [7, 11) is 0. The monoisotopic (exact) mass is 207 g/mol. The largest absolute Gasteiger partial charge is 0.302 e. The topological polar surface area (TPSA) is 20.3 Å². The zero-order chi connectivity index (χ0) is 10.3. The van der Waals surface area contributed by atoms with Crippen molar-refractivity contribution < 1.29 is 4.79 Å². The van der Waals surface area contributed by atoms with E-state index in [0.717, 1.165) is 37.3 Å². The first-order chi connectivity index (χ1) is 7.26. The summed E-state index contributed by atoms with van der Waals surface area (Å²) in [6.45, 7) is 3.33. The van der Waals surface area contributed by atoms with E-state index in [0.29, 0.717) is 5.78 Å². The molecular formula is C13H21NO. The molecule has 3 rings (SSSR count). The minimum absolute atomic E-state index is 0.468. The number of piperidine rings is 1. The molecule has 84 valence electrons. The van der Waals surface area contributed by atoms with Gasteiger partial charge in [-0.25, -0.2) is 0 Å². The molecule has 0 amide bonds. The molecule has 0 radical (unpaired) electrons. The van der Waals surface area contributed by atoms with Crippen molar-refractivity contribution in [1.82, 2.24) is 4.90 Å². The van der Waals surface area contributed by atoms with Crippen LogP contribution >= 0.6 is 0 Å². The van der Waals surface area contributed by atoms with Crippen molar-refractivity contribution in [2.75, 3.05) is 19.6 Å². The lowest BCUT2D eigenvalue weighted by molar-refractivity contribution is -0.122. The third-order valence-electron chi connectivity index (χ3n) is 4.79. The molecule has 2 saturated carbocycles. The molecule has 1 aliphatic heterocycles. The fraction of sp³-hybridized carbons (Fsp3) is 0.923. The third kappa shape index (κ3) is 1.84. The second-order valence-corrected chi connectivity index (χ2v) is 5.97. The maximum Gasteiger partial charge on any atom is 0.135 e. The van der Waals surface area contributed by atoms with Crippen LogP contribution in [0.3, 0.4) is 0 Å². The Morgan fingerprint density at radius 3 is 2.40 bits per heavy atom. The lowest BCUT2D eigenvalue weighted by Crippen LogP contribution is -2.48. The number of likely N-dealkylation sites (tertiary alicyclic amines) is 1. The predicted molar refractivity (Wildman–Crippen MR) is 59.7 cm³/mol. The maximum atomic E-state index is 11.1. The molecule has 0 aromatic rings. The molecule has 0 aromatic carbocycles. The summed E-state index contributed by atoms with van der Waals surface area (Å²) < 4.78 is 0. The van der Waals surface area contributed by atoms with Crippen LogP contribution in [-0.2, 0) is 4.79 Å². The van der Waals surface area contributed by atoms with Crippen molar-refractivity contribution in [3.05, 3.63) is 0 Å². The number of carbonyl (C=O) groups is 1. The number of rotatable bonds is 2. The Morgan fingerprint density at radius 2 is 1.87 bits per heavy atom. The van der Waals surface area contributed by atoms with Gasteiger partial charge in [-0.3, -0.25) is 4.79 Å². The van der Waals surface area contributed by atoms with Gasteiger partial charge in [0, 0.05) is 32.5 Å². The van der Waals surface area contributed by atoms with E-state index in [4.69, 9.17) is 0 Å². The first-order valence-corrected chi connectivity index (χ1v) is 6.50. The molecular weight excluding hydrogens is 186 g/mol. The summed E-state index contributed by atoms with van der Waals surface area (Å²) in [4.78, 5) is 13.6. The van der Waals surface area contributed by atoms with Gasteiger partial charge in [0.25, 0.3) is 0 Å². The zero-order valence-electron chi connectivity index (χ0n) is 9.50. The van der Waals surface area contributed by atoms with Crippen LogP contribution in [0.4, 0.5) is 0 Å². The Kier molecular flexibility index (Phi) is 2.35. The van der Waals surface area contributed by atoms with Gasteiger partial charge < -0.3 is 4.90 Å². The third-order valence-corrected chi connectivity index (χ3v) is 4.79. The van der Waals surface area contributed by atoms with Gasteiger partial charge in [-0.2, -0.15) is 0 Å². The van der Waals surface area contributed by atoms with Crippen molar-refractivity contribution in [1.29, 1.82) is 0 Å². The number of carbonyl (C=O) groups excluding carboxylic acids is 1. The van der Waals surface area contributed by atoms with E-state index in [-0.39, 0.29) is 0 Å². The van der Waals surface area contributed by atoms with E-state index in [1.165, 1.54) is 38.6 Å². The highest BCUT2D eigenvalue weighted by molar-refractivity contribution is 5.79. The van der Waals surface area contributed by atoms with Crippen molar-refractivity contribution in [2.24, 2.45) is 11.3 Å². The Balaban J connectivity index is 1.41. The Hall–Kier alpha value is -0.370. The van der Waals surface area contributed by atoms with Crippen LogP contribution in [0.2, 0.25) is 0 Å². The summed E-state index contributed by atoms with van der Waals surface area (Å²) in [5.74, 6) is 1.42. The molecule has 2 heteroatoms. The fourth-order valence-electron chi connectivity index (χ4n) is 3.73. The molecule has 0 atom stereocenters. The number of hydrogen-bond donors (Lipinski definition) is 0. The second-order valence-electron chi connectivity index (χ2n) is 5.97. The summed E-state index contributed by atoms with van der Waals surface area (Å²) in [5.41, 5.74) is 0.816. The molecule has 1 heterocycles. The molecule has 0 N–H and O–H groups in total. The molecule has 3 fully saturated rings. The van der Waals surface area contributed by atoms with Crippen LogP contribution in [0.1, 0.15) is 44.9 Å².